The molecule has 0 aliphatic carbocycles. The summed E-state index contributed by atoms with van der Waals surface area (Å²) in [5, 5.41) is 3.23. The van der Waals surface area contributed by atoms with Gasteiger partial charge < -0.3 is 10.1 Å². The van der Waals surface area contributed by atoms with E-state index >= 15 is 0 Å². The van der Waals surface area contributed by atoms with E-state index in [2.05, 4.69) is 5.32 Å². The van der Waals surface area contributed by atoms with Gasteiger partial charge in [0.1, 0.15) is 0 Å². The molecule has 0 bridgehead atoms. The highest BCUT2D eigenvalue weighted by atomic mass is 127. The van der Waals surface area contributed by atoms with Gasteiger partial charge in [-0.2, -0.15) is 0 Å². The molecule has 0 aliphatic heterocycles. The van der Waals surface area contributed by atoms with E-state index in [9.17, 15) is 9.59 Å². The summed E-state index contributed by atoms with van der Waals surface area (Å²) in [7, 11) is 0. The summed E-state index contributed by atoms with van der Waals surface area (Å²) in [6.07, 6.45) is 0. The van der Waals surface area contributed by atoms with Crippen LogP contribution < -0.4 is 5.32 Å². The van der Waals surface area contributed by atoms with Gasteiger partial charge in [0.2, 0.25) is 0 Å². The van der Waals surface area contributed by atoms with E-state index in [-0.39, 0.29) is 6.61 Å². The fourth-order valence-electron chi connectivity index (χ4n) is 1.76. The molecule has 1 amide bonds. The molecular formula is C16H13ClINO3. The smallest absolute Gasteiger partial charge is 0.339 e. The van der Waals surface area contributed by atoms with Crippen LogP contribution in [0.25, 0.3) is 0 Å². The molecular weight excluding hydrogens is 417 g/mol. The summed E-state index contributed by atoms with van der Waals surface area (Å²) >= 11 is 8.03. The van der Waals surface area contributed by atoms with Crippen LogP contribution >= 0.6 is 34.2 Å². The Bertz CT molecular complexity index is 718. The maximum Gasteiger partial charge on any atom is 0.339 e. The van der Waals surface area contributed by atoms with Gasteiger partial charge in [-0.3, -0.25) is 4.79 Å². The third-order valence-corrected chi connectivity index (χ3v) is 4.32. The minimum Gasteiger partial charge on any atom is -0.452 e. The van der Waals surface area contributed by atoms with Crippen molar-refractivity contribution in [1.29, 1.82) is 0 Å². The molecule has 2 aromatic rings. The normalized spacial score (nSPS) is 10.1. The fourth-order valence-corrected chi connectivity index (χ4v) is 2.55. The van der Waals surface area contributed by atoms with Crippen molar-refractivity contribution >= 4 is 51.8 Å². The van der Waals surface area contributed by atoms with E-state index in [4.69, 9.17) is 16.3 Å². The van der Waals surface area contributed by atoms with Crippen LogP contribution in [0.15, 0.2) is 42.5 Å². The summed E-state index contributed by atoms with van der Waals surface area (Å²) in [5.74, 6) is -0.937. The molecule has 0 saturated heterocycles. The topological polar surface area (TPSA) is 55.4 Å². The van der Waals surface area contributed by atoms with Crippen molar-refractivity contribution < 1.29 is 14.3 Å². The van der Waals surface area contributed by atoms with Crippen molar-refractivity contribution in [3.8, 4) is 0 Å². The van der Waals surface area contributed by atoms with Gasteiger partial charge in [0.15, 0.2) is 6.61 Å². The second kappa shape index (κ2) is 7.60. The van der Waals surface area contributed by atoms with E-state index in [1.165, 1.54) is 0 Å². The molecule has 1 N–H and O–H groups in total. The molecule has 0 atom stereocenters. The largest absolute Gasteiger partial charge is 0.452 e. The lowest BCUT2D eigenvalue weighted by Gasteiger charge is -2.10. The Morgan fingerprint density at radius 1 is 1.18 bits per heavy atom. The van der Waals surface area contributed by atoms with Crippen LogP contribution in [-0.4, -0.2) is 18.5 Å². The standard InChI is InChI=1S/C16H13ClINO3/c1-10-12(17)6-4-8-14(10)19-15(20)9-22-16(21)11-5-2-3-7-13(11)18/h2-8H,9H2,1H3,(H,19,20). The Kier molecular flexibility index (Phi) is 5.79. The van der Waals surface area contributed by atoms with Gasteiger partial charge in [-0.15, -0.1) is 0 Å². The first-order chi connectivity index (χ1) is 10.5. The molecule has 0 aliphatic rings. The zero-order valence-corrected chi connectivity index (χ0v) is 14.6. The molecule has 0 heterocycles. The number of amides is 1. The highest BCUT2D eigenvalue weighted by molar-refractivity contribution is 14.1. The zero-order chi connectivity index (χ0) is 16.1. The van der Waals surface area contributed by atoms with Crippen molar-refractivity contribution in [3.63, 3.8) is 0 Å². The van der Waals surface area contributed by atoms with Crippen LogP contribution in [-0.2, 0) is 9.53 Å². The molecule has 22 heavy (non-hydrogen) atoms. The number of carbonyl (C=O) groups is 2. The van der Waals surface area contributed by atoms with E-state index in [1.807, 2.05) is 28.7 Å². The number of anilines is 1. The summed E-state index contributed by atoms with van der Waals surface area (Å²) in [4.78, 5) is 23.8. The van der Waals surface area contributed by atoms with E-state index in [0.29, 0.717) is 16.3 Å². The number of ether oxygens (including phenoxy) is 1. The molecule has 0 unspecified atom stereocenters. The molecule has 0 aromatic heterocycles. The monoisotopic (exact) mass is 429 g/mol. The zero-order valence-electron chi connectivity index (χ0n) is 11.7. The van der Waals surface area contributed by atoms with Gasteiger partial charge in [-0.05, 0) is 59.3 Å². The van der Waals surface area contributed by atoms with Crippen molar-refractivity contribution in [3.05, 3.63) is 62.2 Å². The average Bonchev–Trinajstić information content (AvgIpc) is 2.50. The molecule has 4 nitrogen and oxygen atoms in total. The molecule has 6 heteroatoms. The van der Waals surface area contributed by atoms with Gasteiger partial charge in [0, 0.05) is 14.3 Å². The number of benzene rings is 2. The number of esters is 1. The Hall–Kier alpha value is -1.60. The number of carbonyl (C=O) groups excluding carboxylic acids is 2. The van der Waals surface area contributed by atoms with Crippen LogP contribution in [0.5, 0.6) is 0 Å². The van der Waals surface area contributed by atoms with Crippen LogP contribution in [0, 0.1) is 10.5 Å². The first-order valence-corrected chi connectivity index (χ1v) is 7.91. The number of nitrogens with one attached hydrogen (secondary N) is 1. The number of hydrogen-bond donors (Lipinski definition) is 1. The Morgan fingerprint density at radius 2 is 1.91 bits per heavy atom. The molecule has 0 fully saturated rings. The minimum absolute atomic E-state index is 0.351. The van der Waals surface area contributed by atoms with Gasteiger partial charge in [-0.25, -0.2) is 4.79 Å². The molecule has 0 radical (unpaired) electrons. The lowest BCUT2D eigenvalue weighted by Crippen LogP contribution is -2.21. The maximum atomic E-state index is 11.9. The summed E-state index contributed by atoms with van der Waals surface area (Å²) < 4.78 is 5.80. The second-order valence-corrected chi connectivity index (χ2v) is 6.09. The SMILES string of the molecule is Cc1c(Cl)cccc1NC(=O)COC(=O)c1ccccc1I. The highest BCUT2D eigenvalue weighted by Crippen LogP contribution is 2.22. The maximum absolute atomic E-state index is 11.9. The average molecular weight is 430 g/mol. The van der Waals surface area contributed by atoms with Gasteiger partial charge >= 0.3 is 5.97 Å². The van der Waals surface area contributed by atoms with E-state index < -0.39 is 11.9 Å². The number of hydrogen-bond acceptors (Lipinski definition) is 3. The van der Waals surface area contributed by atoms with E-state index in [1.54, 1.807) is 43.3 Å². The van der Waals surface area contributed by atoms with Crippen molar-refractivity contribution in [2.75, 3.05) is 11.9 Å². The van der Waals surface area contributed by atoms with Gasteiger partial charge in [0.05, 0.1) is 5.56 Å². The predicted molar refractivity (Wildman–Crippen MR) is 94.3 cm³/mol. The predicted octanol–water partition coefficient (Wildman–Crippen LogP) is 4.05. The fraction of sp³-hybridized carbons (Fsp3) is 0.125. The van der Waals surface area contributed by atoms with Crippen LogP contribution in [0.1, 0.15) is 15.9 Å². The van der Waals surface area contributed by atoms with Crippen LogP contribution in [0.3, 0.4) is 0 Å². The van der Waals surface area contributed by atoms with Crippen LogP contribution in [0.4, 0.5) is 5.69 Å². The summed E-state index contributed by atoms with van der Waals surface area (Å²) in [5.41, 5.74) is 1.80. The summed E-state index contributed by atoms with van der Waals surface area (Å²) in [6, 6.07) is 12.2. The highest BCUT2D eigenvalue weighted by Gasteiger charge is 2.13. The second-order valence-electron chi connectivity index (χ2n) is 4.52. The number of rotatable bonds is 4. The third-order valence-electron chi connectivity index (χ3n) is 2.97. The van der Waals surface area contributed by atoms with Crippen molar-refractivity contribution in [2.24, 2.45) is 0 Å². The third kappa shape index (κ3) is 4.20. The molecule has 2 rings (SSSR count). The van der Waals surface area contributed by atoms with Crippen LogP contribution in [0.2, 0.25) is 5.02 Å². The Labute approximate surface area is 146 Å². The Morgan fingerprint density at radius 3 is 2.64 bits per heavy atom. The van der Waals surface area contributed by atoms with Gasteiger partial charge in [-0.1, -0.05) is 29.8 Å². The Balaban J connectivity index is 1.95. The first kappa shape index (κ1) is 16.8. The molecule has 114 valence electrons. The lowest BCUT2D eigenvalue weighted by atomic mass is 10.2. The van der Waals surface area contributed by atoms with Crippen molar-refractivity contribution in [1.82, 2.24) is 0 Å². The lowest BCUT2D eigenvalue weighted by molar-refractivity contribution is -0.119. The summed E-state index contributed by atoms with van der Waals surface area (Å²) in [6.45, 7) is 1.45. The first-order valence-electron chi connectivity index (χ1n) is 6.45. The molecule has 2 aromatic carbocycles. The van der Waals surface area contributed by atoms with Crippen molar-refractivity contribution in [2.45, 2.75) is 6.92 Å². The van der Waals surface area contributed by atoms with Gasteiger partial charge in [0.25, 0.3) is 5.91 Å². The van der Waals surface area contributed by atoms with E-state index in [0.717, 1.165) is 9.13 Å². The molecule has 0 spiro atoms. The quantitative estimate of drug-likeness (QED) is 0.589. The molecule has 0 saturated carbocycles. The number of halogens is 2. The minimum atomic E-state index is -0.525.